The molecule has 2 nitrogen and oxygen atoms in total. The first-order chi connectivity index (χ1) is 9.52. The van der Waals surface area contributed by atoms with Crippen LogP contribution in [0.4, 0.5) is 4.39 Å². The molecule has 1 unspecified atom stereocenters. The summed E-state index contributed by atoms with van der Waals surface area (Å²) in [5.41, 5.74) is 3.65. The number of hydrogen-bond donors (Lipinski definition) is 1. The number of rotatable bonds is 4. The van der Waals surface area contributed by atoms with Crippen LogP contribution in [0.1, 0.15) is 35.5 Å². The molecule has 0 radical (unpaired) electrons. The number of nitrogens with zero attached hydrogens (tertiary/aromatic N) is 1. The zero-order valence-electron chi connectivity index (χ0n) is 11.9. The van der Waals surface area contributed by atoms with Crippen LogP contribution >= 0.6 is 11.6 Å². The lowest BCUT2D eigenvalue weighted by molar-refractivity contribution is 0.600. The second-order valence-electron chi connectivity index (χ2n) is 4.78. The lowest BCUT2D eigenvalue weighted by Crippen LogP contribution is -2.23. The van der Waals surface area contributed by atoms with E-state index in [0.717, 1.165) is 29.1 Å². The molecule has 1 aromatic carbocycles. The highest BCUT2D eigenvalue weighted by Gasteiger charge is 2.19. The summed E-state index contributed by atoms with van der Waals surface area (Å²) < 4.78 is 13.5. The van der Waals surface area contributed by atoms with Gasteiger partial charge < -0.3 is 5.32 Å². The molecule has 4 heteroatoms. The summed E-state index contributed by atoms with van der Waals surface area (Å²) in [6.07, 6.45) is 0. The maximum absolute atomic E-state index is 13.5. The molecular weight excluding hydrogens is 275 g/mol. The molecule has 1 heterocycles. The fourth-order valence-corrected chi connectivity index (χ4v) is 2.56. The van der Waals surface area contributed by atoms with Gasteiger partial charge in [0.25, 0.3) is 0 Å². The minimum atomic E-state index is -0.287. The first-order valence-corrected chi connectivity index (χ1v) is 7.03. The van der Waals surface area contributed by atoms with Crippen molar-refractivity contribution >= 4 is 11.6 Å². The van der Waals surface area contributed by atoms with Crippen molar-refractivity contribution in [1.29, 1.82) is 0 Å². The van der Waals surface area contributed by atoms with Gasteiger partial charge in [-0.3, -0.25) is 4.98 Å². The smallest absolute Gasteiger partial charge is 0.123 e. The van der Waals surface area contributed by atoms with Crippen LogP contribution in [-0.4, -0.2) is 11.5 Å². The van der Waals surface area contributed by atoms with E-state index >= 15 is 0 Å². The highest BCUT2D eigenvalue weighted by Crippen LogP contribution is 2.30. The molecule has 1 atom stereocenters. The average Bonchev–Trinajstić information content (AvgIpc) is 2.40. The largest absolute Gasteiger partial charge is 0.306 e. The summed E-state index contributed by atoms with van der Waals surface area (Å²) in [5.74, 6) is -0.287. The molecule has 0 aliphatic rings. The number of hydrogen-bond acceptors (Lipinski definition) is 2. The van der Waals surface area contributed by atoms with Gasteiger partial charge in [0.05, 0.1) is 6.04 Å². The fraction of sp³-hybridized carbons (Fsp3) is 0.312. The van der Waals surface area contributed by atoms with E-state index in [9.17, 15) is 4.39 Å². The molecule has 0 aliphatic heterocycles. The summed E-state index contributed by atoms with van der Waals surface area (Å²) in [4.78, 5) is 4.48. The van der Waals surface area contributed by atoms with Gasteiger partial charge in [0, 0.05) is 16.4 Å². The van der Waals surface area contributed by atoms with Gasteiger partial charge in [-0.1, -0.05) is 24.6 Å². The van der Waals surface area contributed by atoms with Gasteiger partial charge in [-0.25, -0.2) is 4.39 Å². The molecule has 106 valence electrons. The molecule has 2 rings (SSSR count). The summed E-state index contributed by atoms with van der Waals surface area (Å²) >= 11 is 6.23. The van der Waals surface area contributed by atoms with Gasteiger partial charge in [0.2, 0.25) is 0 Å². The molecule has 2 aromatic rings. The van der Waals surface area contributed by atoms with Crippen LogP contribution in [0, 0.1) is 19.7 Å². The molecule has 0 saturated heterocycles. The van der Waals surface area contributed by atoms with E-state index in [0.29, 0.717) is 5.02 Å². The quantitative estimate of drug-likeness (QED) is 0.914. The Bertz CT molecular complexity index is 613. The monoisotopic (exact) mass is 292 g/mol. The molecule has 0 fully saturated rings. The Labute approximate surface area is 124 Å². The van der Waals surface area contributed by atoms with Crippen LogP contribution in [0.15, 0.2) is 30.3 Å². The van der Waals surface area contributed by atoms with Gasteiger partial charge in [-0.05, 0) is 55.8 Å². The second kappa shape index (κ2) is 6.33. The van der Waals surface area contributed by atoms with Crippen LogP contribution < -0.4 is 5.32 Å². The topological polar surface area (TPSA) is 24.9 Å². The molecular formula is C16H18ClFN2. The van der Waals surface area contributed by atoms with Crippen LogP contribution in [0.5, 0.6) is 0 Å². The Balaban J connectivity index is 2.53. The van der Waals surface area contributed by atoms with Crippen molar-refractivity contribution in [3.63, 3.8) is 0 Å². The van der Waals surface area contributed by atoms with Crippen molar-refractivity contribution < 1.29 is 4.39 Å². The SMILES string of the molecule is CCNC(c1cc(F)ccc1Cl)c1ccc(C)nc1C. The Hall–Kier alpha value is -1.45. The van der Waals surface area contributed by atoms with Crippen molar-refractivity contribution in [2.45, 2.75) is 26.8 Å². The van der Waals surface area contributed by atoms with E-state index in [1.807, 2.05) is 32.9 Å². The Morgan fingerprint density at radius 1 is 1.20 bits per heavy atom. The lowest BCUT2D eigenvalue weighted by Gasteiger charge is -2.22. The molecule has 0 saturated carbocycles. The van der Waals surface area contributed by atoms with Crippen molar-refractivity contribution in [2.24, 2.45) is 0 Å². The predicted octanol–water partition coefficient (Wildman–Crippen LogP) is 4.19. The third-order valence-electron chi connectivity index (χ3n) is 3.25. The van der Waals surface area contributed by atoms with E-state index in [1.54, 1.807) is 6.07 Å². The third-order valence-corrected chi connectivity index (χ3v) is 3.60. The first kappa shape index (κ1) is 14.9. The number of aryl methyl sites for hydroxylation is 2. The fourth-order valence-electron chi connectivity index (χ4n) is 2.33. The molecule has 0 aliphatic carbocycles. The van der Waals surface area contributed by atoms with E-state index in [4.69, 9.17) is 11.6 Å². The van der Waals surface area contributed by atoms with Crippen molar-refractivity contribution in [2.75, 3.05) is 6.54 Å². The standard InChI is InChI=1S/C16H18ClFN2/c1-4-19-16(13-7-5-10(2)20-11(13)3)14-9-12(18)6-8-15(14)17/h5-9,16,19H,4H2,1-3H3. The van der Waals surface area contributed by atoms with Gasteiger partial charge in [-0.15, -0.1) is 0 Å². The molecule has 20 heavy (non-hydrogen) atoms. The van der Waals surface area contributed by atoms with Gasteiger partial charge in [0.1, 0.15) is 5.82 Å². The maximum atomic E-state index is 13.5. The van der Waals surface area contributed by atoms with Crippen LogP contribution in [0.2, 0.25) is 5.02 Å². The Morgan fingerprint density at radius 2 is 1.95 bits per heavy atom. The Morgan fingerprint density at radius 3 is 2.60 bits per heavy atom. The second-order valence-corrected chi connectivity index (χ2v) is 5.19. The van der Waals surface area contributed by atoms with Gasteiger partial charge in [0.15, 0.2) is 0 Å². The van der Waals surface area contributed by atoms with Crippen LogP contribution in [0.3, 0.4) is 0 Å². The molecule has 0 spiro atoms. The molecule has 1 aromatic heterocycles. The first-order valence-electron chi connectivity index (χ1n) is 6.65. The van der Waals surface area contributed by atoms with E-state index < -0.39 is 0 Å². The molecule has 0 amide bonds. The molecule has 1 N–H and O–H groups in total. The number of aromatic nitrogens is 1. The average molecular weight is 293 g/mol. The van der Waals surface area contributed by atoms with Crippen molar-refractivity contribution in [1.82, 2.24) is 10.3 Å². The highest BCUT2D eigenvalue weighted by molar-refractivity contribution is 6.31. The number of nitrogens with one attached hydrogen (secondary N) is 1. The van der Waals surface area contributed by atoms with Crippen LogP contribution in [-0.2, 0) is 0 Å². The third kappa shape index (κ3) is 3.17. The van der Waals surface area contributed by atoms with Gasteiger partial charge in [-0.2, -0.15) is 0 Å². The van der Waals surface area contributed by atoms with Crippen molar-refractivity contribution in [3.05, 3.63) is 63.7 Å². The normalized spacial score (nSPS) is 12.4. The molecule has 0 bridgehead atoms. The summed E-state index contributed by atoms with van der Waals surface area (Å²) in [6, 6.07) is 8.26. The highest BCUT2D eigenvalue weighted by atomic mass is 35.5. The number of halogens is 2. The van der Waals surface area contributed by atoms with Gasteiger partial charge >= 0.3 is 0 Å². The van der Waals surface area contributed by atoms with E-state index in [2.05, 4.69) is 10.3 Å². The zero-order chi connectivity index (χ0) is 14.7. The summed E-state index contributed by atoms with van der Waals surface area (Å²) in [6.45, 7) is 6.68. The summed E-state index contributed by atoms with van der Waals surface area (Å²) in [5, 5.41) is 3.91. The van der Waals surface area contributed by atoms with E-state index in [1.165, 1.54) is 12.1 Å². The maximum Gasteiger partial charge on any atom is 0.123 e. The predicted molar refractivity (Wildman–Crippen MR) is 80.6 cm³/mol. The number of benzene rings is 1. The van der Waals surface area contributed by atoms with Crippen LogP contribution in [0.25, 0.3) is 0 Å². The summed E-state index contributed by atoms with van der Waals surface area (Å²) in [7, 11) is 0. The Kier molecular flexibility index (Phi) is 4.73. The zero-order valence-corrected chi connectivity index (χ0v) is 12.6. The number of pyridine rings is 1. The minimum absolute atomic E-state index is 0.156. The van der Waals surface area contributed by atoms with E-state index in [-0.39, 0.29) is 11.9 Å². The minimum Gasteiger partial charge on any atom is -0.306 e. The van der Waals surface area contributed by atoms with Crippen molar-refractivity contribution in [3.8, 4) is 0 Å². The lowest BCUT2D eigenvalue weighted by atomic mass is 9.97.